The molecule has 0 aliphatic carbocycles. The highest BCUT2D eigenvalue weighted by Crippen LogP contribution is 2.22. The number of aromatic nitrogens is 3. The van der Waals surface area contributed by atoms with Crippen molar-refractivity contribution in [3.63, 3.8) is 0 Å². The summed E-state index contributed by atoms with van der Waals surface area (Å²) in [6.45, 7) is 9.98. The Hall–Kier alpha value is -3.12. The van der Waals surface area contributed by atoms with Crippen LogP contribution in [0.15, 0.2) is 59.7 Å². The normalized spacial score (nSPS) is 15.4. The first-order valence-corrected chi connectivity index (χ1v) is 11.1. The molecule has 4 aromatic rings. The van der Waals surface area contributed by atoms with Crippen molar-refractivity contribution in [3.05, 3.63) is 70.8 Å². The number of fused-ring (bicyclic) bond motifs is 3. The molecule has 5 rings (SSSR count). The fourth-order valence-electron chi connectivity index (χ4n) is 4.45. The largest absolute Gasteiger partial charge is 0.369 e. The van der Waals surface area contributed by atoms with Gasteiger partial charge in [-0.2, -0.15) is 0 Å². The van der Waals surface area contributed by atoms with Gasteiger partial charge in [-0.05, 0) is 29.7 Å². The van der Waals surface area contributed by atoms with Gasteiger partial charge in [0.15, 0.2) is 0 Å². The number of rotatable bonds is 5. The molecule has 2 aromatic carbocycles. The average molecular weight is 416 g/mol. The van der Waals surface area contributed by atoms with Crippen molar-refractivity contribution in [1.29, 1.82) is 0 Å². The molecule has 0 bridgehead atoms. The van der Waals surface area contributed by atoms with Crippen LogP contribution in [0.2, 0.25) is 0 Å². The molecule has 0 saturated carbocycles. The maximum atomic E-state index is 12.9. The van der Waals surface area contributed by atoms with Crippen LogP contribution in [0, 0.1) is 0 Å². The lowest BCUT2D eigenvalue weighted by atomic mass is 10.0. The number of hydrogen-bond acceptors (Lipinski definition) is 4. The predicted octanol–water partition coefficient (Wildman–Crippen LogP) is 3.82. The Morgan fingerprint density at radius 1 is 0.968 bits per heavy atom. The van der Waals surface area contributed by atoms with Crippen molar-refractivity contribution in [1.82, 2.24) is 19.4 Å². The summed E-state index contributed by atoms with van der Waals surface area (Å²) < 4.78 is 1.73. The molecule has 0 amide bonds. The van der Waals surface area contributed by atoms with Crippen LogP contribution >= 0.6 is 0 Å². The second-order valence-electron chi connectivity index (χ2n) is 8.71. The van der Waals surface area contributed by atoms with Gasteiger partial charge in [-0.15, -0.1) is 0 Å². The van der Waals surface area contributed by atoms with Gasteiger partial charge in [-0.1, -0.05) is 44.2 Å². The molecule has 1 N–H and O–H groups in total. The maximum Gasteiger partial charge on any atom is 0.277 e. The number of H-pyrrole nitrogens is 1. The van der Waals surface area contributed by atoms with Crippen molar-refractivity contribution in [2.45, 2.75) is 26.3 Å². The Labute approximate surface area is 182 Å². The van der Waals surface area contributed by atoms with Crippen LogP contribution in [0.4, 0.5) is 5.69 Å². The lowest BCUT2D eigenvalue weighted by molar-refractivity contribution is 0.247. The first-order chi connectivity index (χ1) is 15.1. The van der Waals surface area contributed by atoms with Gasteiger partial charge >= 0.3 is 0 Å². The fourth-order valence-corrected chi connectivity index (χ4v) is 4.45. The number of nitrogens with zero attached hydrogens (tertiary/aromatic N) is 4. The number of hydrogen-bond donors (Lipinski definition) is 1. The monoisotopic (exact) mass is 415 g/mol. The van der Waals surface area contributed by atoms with Crippen molar-refractivity contribution in [3.8, 4) is 0 Å². The van der Waals surface area contributed by atoms with Crippen LogP contribution < -0.4 is 10.5 Å². The number of para-hydroxylation sites is 1. The summed E-state index contributed by atoms with van der Waals surface area (Å²) in [5.74, 6) is 0.562. The van der Waals surface area contributed by atoms with Gasteiger partial charge < -0.3 is 9.88 Å². The van der Waals surface area contributed by atoms with Gasteiger partial charge in [0.1, 0.15) is 11.0 Å². The van der Waals surface area contributed by atoms with Crippen molar-refractivity contribution in [2.75, 3.05) is 37.6 Å². The van der Waals surface area contributed by atoms with E-state index in [2.05, 4.69) is 57.9 Å². The molecule has 31 heavy (non-hydrogen) atoms. The molecular formula is C25H29N5O. The zero-order valence-electron chi connectivity index (χ0n) is 18.2. The van der Waals surface area contributed by atoms with E-state index in [4.69, 9.17) is 0 Å². The lowest BCUT2D eigenvalue weighted by Gasteiger charge is -2.36. The molecular weight excluding hydrogens is 386 g/mol. The molecule has 2 aromatic heterocycles. The summed E-state index contributed by atoms with van der Waals surface area (Å²) in [4.78, 5) is 25.6. The molecule has 0 radical (unpaired) electrons. The minimum atomic E-state index is 0.00470. The second kappa shape index (κ2) is 8.19. The molecule has 1 fully saturated rings. The number of benzene rings is 2. The number of nitrogens with one attached hydrogen (secondary N) is 1. The highest BCUT2D eigenvalue weighted by atomic mass is 16.1. The maximum absolute atomic E-state index is 12.9. The molecule has 6 nitrogen and oxygen atoms in total. The van der Waals surface area contributed by atoms with E-state index in [0.717, 1.165) is 49.1 Å². The summed E-state index contributed by atoms with van der Waals surface area (Å²) in [5, 5.41) is 0.999. The molecule has 1 aliphatic heterocycles. The summed E-state index contributed by atoms with van der Waals surface area (Å²) in [5.41, 5.74) is 5.00. The van der Waals surface area contributed by atoms with Crippen molar-refractivity contribution < 1.29 is 0 Å². The van der Waals surface area contributed by atoms with Crippen LogP contribution in [0.3, 0.4) is 0 Å². The van der Waals surface area contributed by atoms with E-state index in [1.165, 1.54) is 11.3 Å². The van der Waals surface area contributed by atoms with Crippen LogP contribution in [0.1, 0.15) is 25.3 Å². The third-order valence-corrected chi connectivity index (χ3v) is 6.43. The van der Waals surface area contributed by atoms with E-state index in [0.29, 0.717) is 18.0 Å². The van der Waals surface area contributed by atoms with Crippen molar-refractivity contribution >= 4 is 27.6 Å². The van der Waals surface area contributed by atoms with Gasteiger partial charge in [0.05, 0.1) is 6.33 Å². The van der Waals surface area contributed by atoms with E-state index in [1.807, 2.05) is 24.3 Å². The molecule has 0 atom stereocenters. The van der Waals surface area contributed by atoms with E-state index in [9.17, 15) is 4.79 Å². The highest BCUT2D eigenvalue weighted by Gasteiger charge is 2.18. The second-order valence-corrected chi connectivity index (χ2v) is 8.71. The molecule has 160 valence electrons. The third kappa shape index (κ3) is 3.83. The van der Waals surface area contributed by atoms with Crippen molar-refractivity contribution in [2.24, 2.45) is 0 Å². The lowest BCUT2D eigenvalue weighted by Crippen LogP contribution is -2.47. The van der Waals surface area contributed by atoms with Gasteiger partial charge in [0.25, 0.3) is 5.56 Å². The smallest absolute Gasteiger partial charge is 0.277 e. The third-order valence-electron chi connectivity index (χ3n) is 6.43. The average Bonchev–Trinajstić information content (AvgIpc) is 3.19. The first kappa shape index (κ1) is 19.8. The minimum absolute atomic E-state index is 0.00470. The van der Waals surface area contributed by atoms with Crippen LogP contribution in [0.5, 0.6) is 0 Å². The number of aromatic amines is 1. The topological polar surface area (TPSA) is 57.2 Å². The Kier molecular flexibility index (Phi) is 5.24. The first-order valence-electron chi connectivity index (χ1n) is 11.1. The van der Waals surface area contributed by atoms with Gasteiger partial charge in [0.2, 0.25) is 0 Å². The van der Waals surface area contributed by atoms with Gasteiger partial charge in [-0.25, -0.2) is 4.98 Å². The molecule has 3 heterocycles. The zero-order chi connectivity index (χ0) is 21.4. The summed E-state index contributed by atoms with van der Waals surface area (Å²) in [6.07, 6.45) is 1.69. The standard InChI is InChI=1S/C25H29N5O/c1-18(2)19-7-9-20(10-8-19)29-14-11-28(12-15-29)13-16-30-17-26-23-21-5-3-4-6-22(21)27-24(23)25(30)31/h3-10,17-18,27H,11-16H2,1-2H3. The predicted molar refractivity (Wildman–Crippen MR) is 127 cm³/mol. The van der Waals surface area contributed by atoms with Gasteiger partial charge in [0, 0.05) is 55.9 Å². The fraction of sp³-hybridized carbons (Fsp3) is 0.360. The van der Waals surface area contributed by atoms with Crippen LogP contribution in [0.25, 0.3) is 21.9 Å². The Balaban J connectivity index is 1.22. The van der Waals surface area contributed by atoms with Crippen LogP contribution in [-0.4, -0.2) is 52.2 Å². The Morgan fingerprint density at radius 2 is 1.71 bits per heavy atom. The quantitative estimate of drug-likeness (QED) is 0.538. The highest BCUT2D eigenvalue weighted by molar-refractivity contribution is 6.04. The Bertz CT molecular complexity index is 1250. The Morgan fingerprint density at radius 3 is 2.45 bits per heavy atom. The molecule has 0 unspecified atom stereocenters. The summed E-state index contributed by atoms with van der Waals surface area (Å²) in [6, 6.07) is 16.9. The SMILES string of the molecule is CC(C)c1ccc(N2CCN(CCn3cnc4c([nH]c5ccccc54)c3=O)CC2)cc1. The molecule has 1 saturated heterocycles. The zero-order valence-corrected chi connectivity index (χ0v) is 18.2. The number of piperazine rings is 1. The minimum Gasteiger partial charge on any atom is -0.369 e. The summed E-state index contributed by atoms with van der Waals surface area (Å²) in [7, 11) is 0. The number of anilines is 1. The summed E-state index contributed by atoms with van der Waals surface area (Å²) >= 11 is 0. The van der Waals surface area contributed by atoms with E-state index in [1.54, 1.807) is 10.9 Å². The van der Waals surface area contributed by atoms with E-state index in [-0.39, 0.29) is 5.56 Å². The molecule has 1 aliphatic rings. The van der Waals surface area contributed by atoms with E-state index < -0.39 is 0 Å². The molecule has 0 spiro atoms. The van der Waals surface area contributed by atoms with E-state index >= 15 is 0 Å². The molecule has 6 heteroatoms. The van der Waals surface area contributed by atoms with Crippen LogP contribution in [-0.2, 0) is 6.54 Å². The van der Waals surface area contributed by atoms with Gasteiger partial charge in [-0.3, -0.25) is 14.3 Å².